The minimum absolute atomic E-state index is 0.0718. The van der Waals surface area contributed by atoms with E-state index in [0.29, 0.717) is 51.9 Å². The lowest BCUT2D eigenvalue weighted by molar-refractivity contribution is 0.0937. The number of hydrogen-bond acceptors (Lipinski definition) is 5. The van der Waals surface area contributed by atoms with E-state index in [9.17, 15) is 14.0 Å². The maximum atomic E-state index is 14.3. The summed E-state index contributed by atoms with van der Waals surface area (Å²) < 4.78 is 21.6. The quantitative estimate of drug-likeness (QED) is 0.363. The number of rotatable bonds is 8. The highest BCUT2D eigenvalue weighted by molar-refractivity contribution is 7.98. The molecule has 0 saturated carbocycles. The van der Waals surface area contributed by atoms with Gasteiger partial charge in [0.1, 0.15) is 5.82 Å². The van der Waals surface area contributed by atoms with Crippen molar-refractivity contribution >= 4 is 40.2 Å². The van der Waals surface area contributed by atoms with Gasteiger partial charge in [0.2, 0.25) is 0 Å². The van der Waals surface area contributed by atoms with Crippen LogP contribution in [0.25, 0.3) is 10.9 Å². The molecule has 4 rings (SSSR count). The molecule has 1 amide bonds. The van der Waals surface area contributed by atoms with E-state index in [1.807, 2.05) is 6.92 Å². The van der Waals surface area contributed by atoms with Gasteiger partial charge in [-0.25, -0.2) is 9.37 Å². The minimum atomic E-state index is -0.404. The van der Waals surface area contributed by atoms with Gasteiger partial charge in [0.05, 0.1) is 23.6 Å². The SMILES string of the molecule is CCCNC(=O)c1ccc2c(=O)n(C[C@H]3CCCO3)c(SCc3c(F)cccc3Cl)nc2c1. The zero-order valence-corrected chi connectivity index (χ0v) is 19.8. The van der Waals surface area contributed by atoms with Crippen molar-refractivity contribution in [1.29, 1.82) is 0 Å². The minimum Gasteiger partial charge on any atom is -0.376 e. The second-order valence-electron chi connectivity index (χ2n) is 7.92. The molecule has 1 aliphatic heterocycles. The van der Waals surface area contributed by atoms with E-state index in [1.54, 1.807) is 34.9 Å². The van der Waals surface area contributed by atoms with Crippen molar-refractivity contribution in [3.63, 3.8) is 0 Å². The van der Waals surface area contributed by atoms with Crippen molar-refractivity contribution < 1.29 is 13.9 Å². The normalized spacial score (nSPS) is 15.8. The highest BCUT2D eigenvalue weighted by atomic mass is 35.5. The Balaban J connectivity index is 1.73. The van der Waals surface area contributed by atoms with Crippen LogP contribution in [0.1, 0.15) is 42.1 Å². The molecular weight excluding hydrogens is 465 g/mol. The van der Waals surface area contributed by atoms with Gasteiger partial charge in [-0.3, -0.25) is 14.2 Å². The molecule has 1 saturated heterocycles. The van der Waals surface area contributed by atoms with Gasteiger partial charge in [0.25, 0.3) is 11.5 Å². The number of thioether (sulfide) groups is 1. The van der Waals surface area contributed by atoms with Crippen molar-refractivity contribution in [2.45, 2.75) is 49.7 Å². The highest BCUT2D eigenvalue weighted by Gasteiger charge is 2.21. The van der Waals surface area contributed by atoms with Gasteiger partial charge in [-0.2, -0.15) is 0 Å². The van der Waals surface area contributed by atoms with Gasteiger partial charge in [0.15, 0.2) is 5.16 Å². The third-order valence-corrected chi connectivity index (χ3v) is 6.89. The van der Waals surface area contributed by atoms with Crippen LogP contribution in [0.15, 0.2) is 46.3 Å². The number of halogens is 2. The number of nitrogens with one attached hydrogen (secondary N) is 1. The number of benzene rings is 2. The topological polar surface area (TPSA) is 73.2 Å². The smallest absolute Gasteiger partial charge is 0.262 e. The average molecular weight is 490 g/mol. The number of nitrogens with zero attached hydrogens (tertiary/aromatic N) is 2. The van der Waals surface area contributed by atoms with Crippen LogP contribution in [0.4, 0.5) is 4.39 Å². The molecule has 1 atom stereocenters. The molecule has 1 aromatic heterocycles. The molecule has 0 aliphatic carbocycles. The van der Waals surface area contributed by atoms with Gasteiger partial charge >= 0.3 is 0 Å². The molecule has 0 spiro atoms. The summed E-state index contributed by atoms with van der Waals surface area (Å²) in [4.78, 5) is 30.5. The molecule has 0 bridgehead atoms. The van der Waals surface area contributed by atoms with E-state index in [2.05, 4.69) is 5.32 Å². The van der Waals surface area contributed by atoms with Crippen LogP contribution < -0.4 is 10.9 Å². The molecule has 3 aromatic rings. The van der Waals surface area contributed by atoms with Gasteiger partial charge in [0, 0.05) is 35.1 Å². The lowest BCUT2D eigenvalue weighted by atomic mass is 10.1. The molecule has 0 radical (unpaired) electrons. The van der Waals surface area contributed by atoms with E-state index in [4.69, 9.17) is 21.3 Å². The first kappa shape index (κ1) is 23.7. The standard InChI is InChI=1S/C24H25ClFN3O3S/c1-2-10-27-22(30)15-8-9-17-21(12-15)28-24(29(23(17)31)13-16-5-4-11-32-16)33-14-18-19(25)6-3-7-20(18)26/h3,6-9,12,16H,2,4-5,10-11,13-14H2,1H3,(H,27,30)/t16-/m1/s1. The van der Waals surface area contributed by atoms with Crippen LogP contribution in [0.2, 0.25) is 5.02 Å². The number of aromatic nitrogens is 2. The van der Waals surface area contributed by atoms with Crippen LogP contribution in [0.5, 0.6) is 0 Å². The summed E-state index contributed by atoms with van der Waals surface area (Å²) in [7, 11) is 0. The Labute approximate surface area is 200 Å². The molecular formula is C24H25ClFN3O3S. The van der Waals surface area contributed by atoms with E-state index in [1.165, 1.54) is 17.8 Å². The summed E-state index contributed by atoms with van der Waals surface area (Å²) >= 11 is 7.43. The van der Waals surface area contributed by atoms with Crippen LogP contribution in [-0.2, 0) is 17.0 Å². The number of carbonyl (C=O) groups is 1. The Kier molecular flexibility index (Phi) is 7.67. The lowest BCUT2D eigenvalue weighted by Gasteiger charge is -2.17. The monoisotopic (exact) mass is 489 g/mol. The first-order valence-electron chi connectivity index (χ1n) is 11.0. The summed E-state index contributed by atoms with van der Waals surface area (Å²) in [5.74, 6) is -0.402. The largest absolute Gasteiger partial charge is 0.376 e. The van der Waals surface area contributed by atoms with Crippen molar-refractivity contribution in [3.05, 3.63) is 68.7 Å². The summed E-state index contributed by atoms with van der Waals surface area (Å²) in [6.45, 7) is 3.58. The van der Waals surface area contributed by atoms with Crippen molar-refractivity contribution in [2.75, 3.05) is 13.2 Å². The van der Waals surface area contributed by atoms with Gasteiger partial charge in [-0.1, -0.05) is 36.4 Å². The zero-order chi connectivity index (χ0) is 23.4. The Morgan fingerprint density at radius 3 is 2.94 bits per heavy atom. The number of ether oxygens (including phenoxy) is 1. The second-order valence-corrected chi connectivity index (χ2v) is 9.27. The molecule has 1 N–H and O–H groups in total. The molecule has 1 aliphatic rings. The summed E-state index contributed by atoms with van der Waals surface area (Å²) in [5, 5.41) is 4.02. The zero-order valence-electron chi connectivity index (χ0n) is 18.3. The molecule has 6 nitrogen and oxygen atoms in total. The Morgan fingerprint density at radius 2 is 2.21 bits per heavy atom. The van der Waals surface area contributed by atoms with Gasteiger partial charge in [-0.15, -0.1) is 0 Å². The maximum Gasteiger partial charge on any atom is 0.262 e. The fourth-order valence-corrected chi connectivity index (χ4v) is 5.10. The van der Waals surface area contributed by atoms with Gasteiger partial charge in [-0.05, 0) is 49.6 Å². The van der Waals surface area contributed by atoms with Crippen molar-refractivity contribution in [2.24, 2.45) is 0 Å². The van der Waals surface area contributed by atoms with Gasteiger partial charge < -0.3 is 10.1 Å². The fourth-order valence-electron chi connectivity index (χ4n) is 3.75. The molecule has 0 unspecified atom stereocenters. The number of hydrogen-bond donors (Lipinski definition) is 1. The summed E-state index contributed by atoms with van der Waals surface area (Å²) in [6.07, 6.45) is 2.57. The second kappa shape index (κ2) is 10.7. The van der Waals surface area contributed by atoms with Crippen LogP contribution >= 0.6 is 23.4 Å². The third kappa shape index (κ3) is 5.39. The predicted octanol–water partition coefficient (Wildman–Crippen LogP) is 4.80. The third-order valence-electron chi connectivity index (χ3n) is 5.54. The Hall–Kier alpha value is -2.42. The predicted molar refractivity (Wildman–Crippen MR) is 129 cm³/mol. The molecule has 174 valence electrons. The van der Waals surface area contributed by atoms with Crippen LogP contribution in [0.3, 0.4) is 0 Å². The molecule has 9 heteroatoms. The molecule has 2 aromatic carbocycles. The lowest BCUT2D eigenvalue weighted by Crippen LogP contribution is -2.29. The number of carbonyl (C=O) groups excluding carboxylic acids is 1. The van der Waals surface area contributed by atoms with Crippen LogP contribution in [0, 0.1) is 5.82 Å². The van der Waals surface area contributed by atoms with Crippen molar-refractivity contribution in [3.8, 4) is 0 Å². The van der Waals surface area contributed by atoms with Crippen molar-refractivity contribution in [1.82, 2.24) is 14.9 Å². The van der Waals surface area contributed by atoms with Crippen LogP contribution in [-0.4, -0.2) is 34.7 Å². The van der Waals surface area contributed by atoms with E-state index in [0.717, 1.165) is 19.3 Å². The van der Waals surface area contributed by atoms with E-state index in [-0.39, 0.29) is 23.3 Å². The van der Waals surface area contributed by atoms with E-state index >= 15 is 0 Å². The summed E-state index contributed by atoms with van der Waals surface area (Å²) in [6, 6.07) is 9.44. The summed E-state index contributed by atoms with van der Waals surface area (Å²) in [5.41, 5.74) is 1.01. The Morgan fingerprint density at radius 1 is 1.36 bits per heavy atom. The first-order valence-corrected chi connectivity index (χ1v) is 12.3. The number of fused-ring (bicyclic) bond motifs is 1. The number of amides is 1. The fraction of sp³-hybridized carbons (Fsp3) is 0.375. The average Bonchev–Trinajstić information content (AvgIpc) is 3.32. The highest BCUT2D eigenvalue weighted by Crippen LogP contribution is 2.29. The molecule has 33 heavy (non-hydrogen) atoms. The maximum absolute atomic E-state index is 14.3. The first-order chi connectivity index (χ1) is 16.0. The molecule has 2 heterocycles. The van der Waals surface area contributed by atoms with E-state index < -0.39 is 5.82 Å². The Bertz CT molecular complexity index is 1210. The molecule has 1 fully saturated rings.